The van der Waals surface area contributed by atoms with Crippen LogP contribution >= 0.6 is 11.3 Å². The van der Waals surface area contributed by atoms with Gasteiger partial charge in [0.15, 0.2) is 0 Å². The number of hydrogen-bond acceptors (Lipinski definition) is 4. The monoisotopic (exact) mass is 248 g/mol. The summed E-state index contributed by atoms with van der Waals surface area (Å²) in [5.74, 6) is 0.852. The number of benzene rings is 1. The van der Waals surface area contributed by atoms with Crippen LogP contribution in [0.2, 0.25) is 0 Å². The van der Waals surface area contributed by atoms with Gasteiger partial charge in [0.2, 0.25) is 0 Å². The van der Waals surface area contributed by atoms with Crippen LogP contribution in [0.3, 0.4) is 0 Å². The first kappa shape index (κ1) is 12.1. The summed E-state index contributed by atoms with van der Waals surface area (Å²) in [4.78, 5) is 5.49. The number of ether oxygens (including phenoxy) is 1. The molecule has 0 aliphatic rings. The molecule has 0 aliphatic carbocycles. The minimum absolute atomic E-state index is 0.331. The minimum atomic E-state index is -0.331. The summed E-state index contributed by atoms with van der Waals surface area (Å²) in [6, 6.07) is 7.88. The molecule has 0 radical (unpaired) electrons. The van der Waals surface area contributed by atoms with Gasteiger partial charge in [-0.2, -0.15) is 0 Å². The van der Waals surface area contributed by atoms with E-state index in [2.05, 4.69) is 4.98 Å². The van der Waals surface area contributed by atoms with E-state index in [9.17, 15) is 0 Å². The molecule has 0 saturated carbocycles. The number of methoxy groups -OCH3 is 1. The van der Waals surface area contributed by atoms with Crippen molar-refractivity contribution in [3.8, 4) is 16.3 Å². The van der Waals surface area contributed by atoms with Gasteiger partial charge < -0.3 is 10.5 Å². The van der Waals surface area contributed by atoms with Crippen molar-refractivity contribution >= 4 is 11.3 Å². The van der Waals surface area contributed by atoms with Crippen LogP contribution in [0.1, 0.15) is 18.7 Å². The van der Waals surface area contributed by atoms with E-state index in [1.54, 1.807) is 18.4 Å². The van der Waals surface area contributed by atoms with Gasteiger partial charge in [-0.15, -0.1) is 11.3 Å². The molecule has 0 aliphatic heterocycles. The predicted molar refractivity (Wildman–Crippen MR) is 71.3 cm³/mol. The second-order valence-corrected chi connectivity index (χ2v) is 5.51. The van der Waals surface area contributed by atoms with Crippen molar-refractivity contribution in [1.82, 2.24) is 4.98 Å². The molecule has 17 heavy (non-hydrogen) atoms. The van der Waals surface area contributed by atoms with Crippen molar-refractivity contribution in [2.24, 2.45) is 5.73 Å². The number of nitrogens with zero attached hydrogens (tertiary/aromatic N) is 1. The number of aromatic nitrogens is 1. The first-order valence-electron chi connectivity index (χ1n) is 5.40. The Morgan fingerprint density at radius 2 is 1.88 bits per heavy atom. The molecule has 4 heteroatoms. The van der Waals surface area contributed by atoms with Crippen LogP contribution in [0.25, 0.3) is 10.6 Å². The first-order chi connectivity index (χ1) is 8.00. The zero-order valence-electron chi connectivity index (χ0n) is 10.2. The van der Waals surface area contributed by atoms with Crippen LogP contribution in [0, 0.1) is 0 Å². The summed E-state index contributed by atoms with van der Waals surface area (Å²) in [5, 5.41) is 0.987. The smallest absolute Gasteiger partial charge is 0.123 e. The molecular formula is C13H16N2OS. The van der Waals surface area contributed by atoms with Crippen LogP contribution in [-0.4, -0.2) is 12.1 Å². The highest BCUT2D eigenvalue weighted by Crippen LogP contribution is 2.31. The fourth-order valence-corrected chi connectivity index (χ4v) is 2.38. The van der Waals surface area contributed by atoms with Crippen LogP contribution in [0.15, 0.2) is 30.5 Å². The van der Waals surface area contributed by atoms with Gasteiger partial charge in [-0.1, -0.05) is 0 Å². The molecule has 2 aromatic rings. The third-order valence-electron chi connectivity index (χ3n) is 2.48. The number of rotatable bonds is 3. The van der Waals surface area contributed by atoms with E-state index in [1.807, 2.05) is 44.3 Å². The average molecular weight is 248 g/mol. The maximum atomic E-state index is 6.04. The second kappa shape index (κ2) is 4.47. The molecule has 0 amide bonds. The van der Waals surface area contributed by atoms with Gasteiger partial charge in [0.1, 0.15) is 10.8 Å². The van der Waals surface area contributed by atoms with Gasteiger partial charge in [-0.05, 0) is 38.1 Å². The summed E-state index contributed by atoms with van der Waals surface area (Å²) in [6.45, 7) is 3.97. The third kappa shape index (κ3) is 2.65. The molecular weight excluding hydrogens is 232 g/mol. The lowest BCUT2D eigenvalue weighted by molar-refractivity contribution is 0.415. The Morgan fingerprint density at radius 1 is 1.24 bits per heavy atom. The molecule has 1 heterocycles. The molecule has 1 aromatic carbocycles. The Kier molecular flexibility index (Phi) is 3.17. The highest BCUT2D eigenvalue weighted by molar-refractivity contribution is 7.15. The predicted octanol–water partition coefficient (Wildman–Crippen LogP) is 3.01. The van der Waals surface area contributed by atoms with E-state index in [-0.39, 0.29) is 5.54 Å². The maximum absolute atomic E-state index is 6.04. The number of hydrogen-bond donors (Lipinski definition) is 1. The molecule has 1 aromatic heterocycles. The molecule has 0 spiro atoms. The quantitative estimate of drug-likeness (QED) is 0.908. The van der Waals surface area contributed by atoms with Gasteiger partial charge in [-0.25, -0.2) is 4.98 Å². The zero-order valence-corrected chi connectivity index (χ0v) is 11.0. The lowest BCUT2D eigenvalue weighted by Gasteiger charge is -2.14. The SMILES string of the molecule is COc1ccc(-c2ncc(C(C)(C)N)s2)cc1. The van der Waals surface area contributed by atoms with Crippen molar-refractivity contribution in [2.45, 2.75) is 19.4 Å². The van der Waals surface area contributed by atoms with E-state index in [0.29, 0.717) is 0 Å². The van der Waals surface area contributed by atoms with Crippen molar-refractivity contribution in [2.75, 3.05) is 7.11 Å². The summed E-state index contributed by atoms with van der Waals surface area (Å²) < 4.78 is 5.13. The Labute approximate surface area is 105 Å². The van der Waals surface area contributed by atoms with Crippen LogP contribution in [0.5, 0.6) is 5.75 Å². The third-order valence-corrected chi connectivity index (χ3v) is 3.86. The molecule has 0 unspecified atom stereocenters. The fourth-order valence-electron chi connectivity index (χ4n) is 1.44. The lowest BCUT2D eigenvalue weighted by Crippen LogP contribution is -2.27. The molecule has 3 nitrogen and oxygen atoms in total. The van der Waals surface area contributed by atoms with Crippen molar-refractivity contribution in [1.29, 1.82) is 0 Å². The Hall–Kier alpha value is -1.39. The number of nitrogens with two attached hydrogens (primary N) is 1. The van der Waals surface area contributed by atoms with Gasteiger partial charge in [-0.3, -0.25) is 0 Å². The summed E-state index contributed by atoms with van der Waals surface area (Å²) in [7, 11) is 1.66. The van der Waals surface area contributed by atoms with E-state index in [4.69, 9.17) is 10.5 Å². The minimum Gasteiger partial charge on any atom is -0.497 e. The summed E-state index contributed by atoms with van der Waals surface area (Å²) in [6.07, 6.45) is 1.85. The summed E-state index contributed by atoms with van der Waals surface area (Å²) >= 11 is 1.63. The highest BCUT2D eigenvalue weighted by Gasteiger charge is 2.17. The first-order valence-corrected chi connectivity index (χ1v) is 6.22. The average Bonchev–Trinajstić information content (AvgIpc) is 2.78. The Bertz CT molecular complexity index is 497. The summed E-state index contributed by atoms with van der Waals surface area (Å²) in [5.41, 5.74) is 6.80. The van der Waals surface area contributed by atoms with Crippen LogP contribution in [0.4, 0.5) is 0 Å². The van der Waals surface area contributed by atoms with E-state index < -0.39 is 0 Å². The molecule has 90 valence electrons. The highest BCUT2D eigenvalue weighted by atomic mass is 32.1. The number of thiazole rings is 1. The van der Waals surface area contributed by atoms with Crippen molar-refractivity contribution in [3.63, 3.8) is 0 Å². The van der Waals surface area contributed by atoms with Crippen molar-refractivity contribution < 1.29 is 4.74 Å². The largest absolute Gasteiger partial charge is 0.497 e. The van der Waals surface area contributed by atoms with E-state index >= 15 is 0 Å². The molecule has 0 bridgehead atoms. The van der Waals surface area contributed by atoms with Crippen molar-refractivity contribution in [3.05, 3.63) is 35.3 Å². The molecule has 2 N–H and O–H groups in total. The molecule has 0 fully saturated rings. The van der Waals surface area contributed by atoms with Crippen LogP contribution in [-0.2, 0) is 5.54 Å². The fraction of sp³-hybridized carbons (Fsp3) is 0.308. The normalized spacial score (nSPS) is 11.5. The lowest BCUT2D eigenvalue weighted by atomic mass is 10.1. The Balaban J connectivity index is 2.30. The zero-order chi connectivity index (χ0) is 12.5. The van der Waals surface area contributed by atoms with Crippen LogP contribution < -0.4 is 10.5 Å². The standard InChI is InChI=1S/C13H16N2OS/c1-13(2,14)11-8-15-12(17-11)9-4-6-10(16-3)7-5-9/h4-8H,14H2,1-3H3. The van der Waals surface area contributed by atoms with Gasteiger partial charge in [0.05, 0.1) is 7.11 Å². The second-order valence-electron chi connectivity index (χ2n) is 4.48. The Morgan fingerprint density at radius 3 is 2.35 bits per heavy atom. The molecule has 0 atom stereocenters. The van der Waals surface area contributed by atoms with Gasteiger partial charge in [0, 0.05) is 22.2 Å². The van der Waals surface area contributed by atoms with Gasteiger partial charge in [0.25, 0.3) is 0 Å². The van der Waals surface area contributed by atoms with E-state index in [0.717, 1.165) is 21.2 Å². The van der Waals surface area contributed by atoms with E-state index in [1.165, 1.54) is 0 Å². The molecule has 0 saturated heterocycles. The topological polar surface area (TPSA) is 48.1 Å². The maximum Gasteiger partial charge on any atom is 0.123 e. The van der Waals surface area contributed by atoms with Gasteiger partial charge >= 0.3 is 0 Å². The molecule has 2 rings (SSSR count).